The Morgan fingerprint density at radius 3 is 2.39 bits per heavy atom. The van der Waals surface area contributed by atoms with Crippen molar-refractivity contribution in [3.05, 3.63) is 0 Å². The Kier molecular flexibility index (Phi) is 10.4. The molecule has 0 N–H and O–H groups in total. The van der Waals surface area contributed by atoms with Crippen molar-refractivity contribution >= 4 is 59.5 Å². The van der Waals surface area contributed by atoms with E-state index in [9.17, 15) is 0 Å². The molecule has 1 heterocycles. The number of hydrogen-bond acceptors (Lipinski definition) is 5. The molecule has 18 heavy (non-hydrogen) atoms. The van der Waals surface area contributed by atoms with Crippen LogP contribution in [0.5, 0.6) is 0 Å². The van der Waals surface area contributed by atoms with Gasteiger partial charge in [0.15, 0.2) is 0 Å². The molecule has 1 atom stereocenters. The molecule has 0 aliphatic carbocycles. The largest absolute Gasteiger partial charge is 0.178 e. The Hall–Kier alpha value is 1.75. The van der Waals surface area contributed by atoms with E-state index >= 15 is 0 Å². The van der Waals surface area contributed by atoms with Crippen LogP contribution in [-0.2, 0) is 0 Å². The fourth-order valence-corrected chi connectivity index (χ4v) is 6.59. The maximum atomic E-state index is 4.58. The van der Waals surface area contributed by atoms with Crippen LogP contribution in [0.15, 0.2) is 0 Å². The van der Waals surface area contributed by atoms with Gasteiger partial charge in [-0.2, -0.15) is 37.9 Å². The fourth-order valence-electron chi connectivity index (χ4n) is 2.32. The molecule has 0 nitrogen and oxygen atoms in total. The minimum atomic E-state index is 0.271. The predicted octanol–water partition coefficient (Wildman–Crippen LogP) is 5.75. The van der Waals surface area contributed by atoms with E-state index in [1.165, 1.54) is 57.1 Å². The van der Waals surface area contributed by atoms with Gasteiger partial charge in [0.25, 0.3) is 0 Å². The van der Waals surface area contributed by atoms with E-state index in [4.69, 9.17) is 0 Å². The Balaban J connectivity index is 2.02. The Bertz CT molecular complexity index is 202. The summed E-state index contributed by atoms with van der Waals surface area (Å²) in [5.74, 6) is 2.38. The van der Waals surface area contributed by atoms with Gasteiger partial charge >= 0.3 is 0 Å². The van der Waals surface area contributed by atoms with Crippen LogP contribution in [0.4, 0.5) is 0 Å². The molecule has 0 bridgehead atoms. The molecular formula is C13H26S5. The zero-order chi connectivity index (χ0) is 13.3. The molecule has 0 amide bonds. The summed E-state index contributed by atoms with van der Waals surface area (Å²) in [4.78, 5) is 0. The summed E-state index contributed by atoms with van der Waals surface area (Å²) in [5.41, 5.74) is 0. The van der Waals surface area contributed by atoms with Crippen molar-refractivity contribution in [1.29, 1.82) is 0 Å². The van der Waals surface area contributed by atoms with E-state index in [-0.39, 0.29) is 4.58 Å². The molecule has 1 saturated heterocycles. The second-order valence-electron chi connectivity index (χ2n) is 5.14. The highest BCUT2D eigenvalue weighted by Gasteiger charge is 2.31. The third-order valence-electron chi connectivity index (χ3n) is 3.48. The maximum Gasteiger partial charge on any atom is 0.0442 e. The SMILES string of the molecule is SCC1(CCCCCCCC(S)S)CCCSS1. The van der Waals surface area contributed by atoms with Crippen LogP contribution < -0.4 is 0 Å². The first-order chi connectivity index (χ1) is 8.68. The van der Waals surface area contributed by atoms with E-state index < -0.39 is 0 Å². The quantitative estimate of drug-likeness (QED) is 0.211. The summed E-state index contributed by atoms with van der Waals surface area (Å²) in [5, 5.41) is 0. The first-order valence-electron chi connectivity index (χ1n) is 6.96. The Labute approximate surface area is 137 Å². The normalized spacial score (nSPS) is 24.7. The molecule has 1 aliphatic heterocycles. The fraction of sp³-hybridized carbons (Fsp3) is 1.00. The molecule has 1 aliphatic rings. The van der Waals surface area contributed by atoms with Crippen LogP contribution in [-0.4, -0.2) is 20.8 Å². The van der Waals surface area contributed by atoms with Crippen molar-refractivity contribution in [3.63, 3.8) is 0 Å². The monoisotopic (exact) mass is 342 g/mol. The molecule has 108 valence electrons. The summed E-state index contributed by atoms with van der Waals surface area (Å²) in [6.07, 6.45) is 12.0. The van der Waals surface area contributed by atoms with Gasteiger partial charge in [0, 0.05) is 20.8 Å². The summed E-state index contributed by atoms with van der Waals surface area (Å²) >= 11 is 13.1. The number of rotatable bonds is 9. The van der Waals surface area contributed by atoms with Gasteiger partial charge in [0.05, 0.1) is 0 Å². The highest BCUT2D eigenvalue weighted by Crippen LogP contribution is 2.48. The van der Waals surface area contributed by atoms with Crippen molar-refractivity contribution in [1.82, 2.24) is 0 Å². The van der Waals surface area contributed by atoms with Crippen molar-refractivity contribution in [2.45, 2.75) is 67.1 Å². The molecule has 1 unspecified atom stereocenters. The molecular weight excluding hydrogens is 316 g/mol. The topological polar surface area (TPSA) is 0 Å². The molecule has 0 aromatic rings. The van der Waals surface area contributed by atoms with Gasteiger partial charge in [-0.25, -0.2) is 0 Å². The summed E-state index contributed by atoms with van der Waals surface area (Å²) in [6.45, 7) is 0. The second kappa shape index (κ2) is 10.5. The van der Waals surface area contributed by atoms with Crippen LogP contribution in [0, 0.1) is 0 Å². The molecule has 0 saturated carbocycles. The lowest BCUT2D eigenvalue weighted by Gasteiger charge is -2.34. The molecule has 0 spiro atoms. The summed E-state index contributed by atoms with van der Waals surface area (Å²) in [7, 11) is 4.16. The lowest BCUT2D eigenvalue weighted by atomic mass is 9.96. The van der Waals surface area contributed by atoms with Crippen molar-refractivity contribution in [2.24, 2.45) is 0 Å². The van der Waals surface area contributed by atoms with Gasteiger partial charge in [-0.05, 0) is 25.7 Å². The Morgan fingerprint density at radius 1 is 1.06 bits per heavy atom. The van der Waals surface area contributed by atoms with Crippen LogP contribution in [0.25, 0.3) is 0 Å². The van der Waals surface area contributed by atoms with Gasteiger partial charge in [0.2, 0.25) is 0 Å². The van der Waals surface area contributed by atoms with Gasteiger partial charge in [-0.15, -0.1) is 0 Å². The molecule has 5 heteroatoms. The standard InChI is InChI=1S/C13H26S5/c14-11-13(9-6-10-17-18-13)8-5-3-1-2-4-7-12(15)16/h12,14-16H,1-11H2. The average molecular weight is 343 g/mol. The van der Waals surface area contributed by atoms with Gasteiger partial charge < -0.3 is 0 Å². The van der Waals surface area contributed by atoms with Crippen LogP contribution in [0.1, 0.15) is 57.8 Å². The number of thiol groups is 3. The van der Waals surface area contributed by atoms with E-state index in [2.05, 4.69) is 59.5 Å². The predicted molar refractivity (Wildman–Crippen MR) is 99.9 cm³/mol. The van der Waals surface area contributed by atoms with Crippen molar-refractivity contribution < 1.29 is 0 Å². The van der Waals surface area contributed by atoms with E-state index in [0.717, 1.165) is 12.2 Å². The molecule has 1 fully saturated rings. The van der Waals surface area contributed by atoms with Crippen molar-refractivity contribution in [3.8, 4) is 0 Å². The van der Waals surface area contributed by atoms with E-state index in [1.54, 1.807) is 0 Å². The van der Waals surface area contributed by atoms with E-state index in [1.807, 2.05) is 0 Å². The highest BCUT2D eigenvalue weighted by molar-refractivity contribution is 8.77. The van der Waals surface area contributed by atoms with Crippen LogP contribution >= 0.6 is 59.5 Å². The van der Waals surface area contributed by atoms with Crippen LogP contribution in [0.3, 0.4) is 0 Å². The van der Waals surface area contributed by atoms with Gasteiger partial charge in [-0.3, -0.25) is 0 Å². The zero-order valence-corrected chi connectivity index (χ0v) is 15.3. The minimum absolute atomic E-state index is 0.271. The van der Waals surface area contributed by atoms with Crippen LogP contribution in [0.2, 0.25) is 0 Å². The van der Waals surface area contributed by atoms with Crippen molar-refractivity contribution in [2.75, 3.05) is 11.5 Å². The molecule has 1 rings (SSSR count). The minimum Gasteiger partial charge on any atom is -0.178 e. The zero-order valence-electron chi connectivity index (χ0n) is 11.0. The first kappa shape index (κ1) is 17.8. The van der Waals surface area contributed by atoms with Gasteiger partial charge in [0.1, 0.15) is 0 Å². The third kappa shape index (κ3) is 7.51. The highest BCUT2D eigenvalue weighted by atomic mass is 33.1. The number of unbranched alkanes of at least 4 members (excludes halogenated alkanes) is 4. The second-order valence-corrected chi connectivity index (χ2v) is 9.99. The third-order valence-corrected chi connectivity index (χ3v) is 8.21. The lowest BCUT2D eigenvalue weighted by molar-refractivity contribution is 0.497. The number of hydrogen-bond donors (Lipinski definition) is 3. The van der Waals surface area contributed by atoms with E-state index in [0.29, 0.717) is 4.75 Å². The molecule has 0 aromatic carbocycles. The smallest absolute Gasteiger partial charge is 0.0442 e. The maximum absolute atomic E-state index is 4.58. The average Bonchev–Trinajstić information content (AvgIpc) is 2.38. The first-order valence-corrected chi connectivity index (χ1v) is 10.9. The summed E-state index contributed by atoms with van der Waals surface area (Å²) in [6, 6.07) is 0. The summed E-state index contributed by atoms with van der Waals surface area (Å²) < 4.78 is 0.751. The molecule has 0 radical (unpaired) electrons. The molecule has 0 aromatic heterocycles. The lowest BCUT2D eigenvalue weighted by Crippen LogP contribution is -2.28. The van der Waals surface area contributed by atoms with Gasteiger partial charge in [-0.1, -0.05) is 53.7 Å². The Morgan fingerprint density at radius 2 is 1.78 bits per heavy atom.